The molecule has 0 heterocycles. The van der Waals surface area contributed by atoms with E-state index in [4.69, 9.17) is 10.5 Å². The van der Waals surface area contributed by atoms with E-state index in [0.29, 0.717) is 5.54 Å². The monoisotopic (exact) mass is 279 g/mol. The molecule has 108 valence electrons. The molecule has 1 aromatic rings. The van der Waals surface area contributed by atoms with Crippen molar-refractivity contribution in [3.8, 4) is 0 Å². The molecule has 2 N–H and O–H groups in total. The number of hydrogen-bond acceptors (Lipinski definition) is 2. The van der Waals surface area contributed by atoms with Crippen molar-refractivity contribution >= 4 is 8.07 Å². The summed E-state index contributed by atoms with van der Waals surface area (Å²) in [7, 11) is -1.40. The summed E-state index contributed by atoms with van der Waals surface area (Å²) in [5.41, 5.74) is 8.01. The molecular weight excluding hydrogens is 250 g/mol. The molecule has 0 aliphatic rings. The van der Waals surface area contributed by atoms with Gasteiger partial charge in [-0.25, -0.2) is 0 Å². The first kappa shape index (κ1) is 16.4. The minimum Gasteiger partial charge on any atom is -0.381 e. The summed E-state index contributed by atoms with van der Waals surface area (Å²) in [6.45, 7) is 8.71. The van der Waals surface area contributed by atoms with Crippen molar-refractivity contribution in [1.82, 2.24) is 0 Å². The fourth-order valence-electron chi connectivity index (χ4n) is 2.10. The zero-order valence-electron chi connectivity index (χ0n) is 12.7. The summed E-state index contributed by atoms with van der Waals surface area (Å²) < 4.78 is 5.88. The third-order valence-electron chi connectivity index (χ3n) is 3.92. The first-order chi connectivity index (χ1) is 9.10. The molecule has 0 amide bonds. The third kappa shape index (κ3) is 5.89. The maximum atomic E-state index is 6.00. The summed E-state index contributed by atoms with van der Waals surface area (Å²) >= 11 is 0. The Kier molecular flexibility index (Phi) is 7.35. The Morgan fingerprint density at radius 1 is 1.21 bits per heavy atom. The summed E-state index contributed by atoms with van der Waals surface area (Å²) in [5.74, 6) is 0. The Morgan fingerprint density at radius 3 is 2.47 bits per heavy atom. The lowest BCUT2D eigenvalue weighted by atomic mass is 10.1. The van der Waals surface area contributed by atoms with Crippen LogP contribution in [0.3, 0.4) is 0 Å². The number of hydrogen-bond donors (Lipinski definition) is 1. The van der Waals surface area contributed by atoms with E-state index >= 15 is 0 Å². The first-order valence-corrected chi connectivity index (χ1v) is 10.7. The van der Waals surface area contributed by atoms with E-state index in [1.54, 1.807) is 0 Å². The van der Waals surface area contributed by atoms with Gasteiger partial charge in [0.15, 0.2) is 0 Å². The summed E-state index contributed by atoms with van der Waals surface area (Å²) in [4.78, 5) is 0. The Hall–Kier alpha value is -0.643. The second kappa shape index (κ2) is 8.51. The van der Waals surface area contributed by atoms with Gasteiger partial charge in [-0.3, -0.25) is 0 Å². The molecule has 0 saturated heterocycles. The van der Waals surface area contributed by atoms with Crippen LogP contribution in [0.25, 0.3) is 0 Å². The van der Waals surface area contributed by atoms with Gasteiger partial charge in [0.05, 0.1) is 8.07 Å². The fraction of sp³-hybridized carbons (Fsp3) is 0.625. The van der Waals surface area contributed by atoms with Gasteiger partial charge in [-0.1, -0.05) is 56.8 Å². The smallest absolute Gasteiger partial charge is 0.0680 e. The van der Waals surface area contributed by atoms with Crippen molar-refractivity contribution in [1.29, 1.82) is 0 Å². The summed E-state index contributed by atoms with van der Waals surface area (Å²) in [5, 5.41) is 0. The predicted octanol–water partition coefficient (Wildman–Crippen LogP) is 3.62. The number of benzene rings is 1. The van der Waals surface area contributed by atoms with Crippen LogP contribution in [0.5, 0.6) is 0 Å². The standard InChI is InChI=1S/C16H29NOSi/c1-4-5-11-18-13-16(19(2,3)14-17)12-15-9-7-6-8-10-15/h6-10,16H,4-5,11-14,17H2,1-3H3. The van der Waals surface area contributed by atoms with Crippen LogP contribution in [0.15, 0.2) is 30.3 Å². The normalized spacial score (nSPS) is 13.5. The van der Waals surface area contributed by atoms with Gasteiger partial charge in [-0.15, -0.1) is 0 Å². The molecule has 0 aromatic heterocycles. The molecule has 19 heavy (non-hydrogen) atoms. The molecule has 0 aliphatic carbocycles. The highest BCUT2D eigenvalue weighted by molar-refractivity contribution is 6.79. The molecule has 1 unspecified atom stereocenters. The van der Waals surface area contributed by atoms with E-state index in [9.17, 15) is 0 Å². The molecule has 0 aliphatic heterocycles. The van der Waals surface area contributed by atoms with Crippen molar-refractivity contribution in [3.05, 3.63) is 35.9 Å². The molecule has 1 atom stereocenters. The quantitative estimate of drug-likeness (QED) is 0.553. The van der Waals surface area contributed by atoms with E-state index in [-0.39, 0.29) is 0 Å². The molecular formula is C16H29NOSi. The molecule has 1 rings (SSSR count). The highest BCUT2D eigenvalue weighted by atomic mass is 28.3. The first-order valence-electron chi connectivity index (χ1n) is 7.42. The maximum absolute atomic E-state index is 6.00. The molecule has 0 spiro atoms. The molecule has 2 nitrogen and oxygen atoms in total. The summed E-state index contributed by atoms with van der Waals surface area (Å²) in [6, 6.07) is 10.7. The number of nitrogens with two attached hydrogens (primary N) is 1. The highest BCUT2D eigenvalue weighted by Gasteiger charge is 2.30. The van der Waals surface area contributed by atoms with Crippen molar-refractivity contribution in [2.24, 2.45) is 5.73 Å². The van der Waals surface area contributed by atoms with Crippen molar-refractivity contribution in [2.45, 2.75) is 44.8 Å². The molecule has 0 bridgehead atoms. The number of unbranched alkanes of at least 4 members (excludes halogenated alkanes) is 1. The molecule has 0 saturated carbocycles. The lowest BCUT2D eigenvalue weighted by molar-refractivity contribution is 0.127. The van der Waals surface area contributed by atoms with Gasteiger partial charge in [-0.05, 0) is 30.1 Å². The topological polar surface area (TPSA) is 35.2 Å². The third-order valence-corrected chi connectivity index (χ3v) is 7.55. The van der Waals surface area contributed by atoms with Gasteiger partial charge in [0, 0.05) is 13.2 Å². The maximum Gasteiger partial charge on any atom is 0.0680 e. The minimum absolute atomic E-state index is 0.608. The van der Waals surface area contributed by atoms with Gasteiger partial charge in [0.2, 0.25) is 0 Å². The van der Waals surface area contributed by atoms with Gasteiger partial charge >= 0.3 is 0 Å². The van der Waals surface area contributed by atoms with Crippen LogP contribution in [-0.2, 0) is 11.2 Å². The minimum atomic E-state index is -1.40. The van der Waals surface area contributed by atoms with E-state index < -0.39 is 8.07 Å². The average Bonchev–Trinajstić information content (AvgIpc) is 2.43. The molecule has 0 fully saturated rings. The van der Waals surface area contributed by atoms with Crippen LogP contribution in [-0.4, -0.2) is 27.5 Å². The molecule has 0 radical (unpaired) electrons. The van der Waals surface area contributed by atoms with Crippen LogP contribution >= 0.6 is 0 Å². The van der Waals surface area contributed by atoms with Crippen LogP contribution in [0.1, 0.15) is 25.3 Å². The van der Waals surface area contributed by atoms with Crippen LogP contribution in [0, 0.1) is 0 Å². The van der Waals surface area contributed by atoms with Crippen LogP contribution < -0.4 is 5.73 Å². The van der Waals surface area contributed by atoms with E-state index in [0.717, 1.165) is 32.2 Å². The lowest BCUT2D eigenvalue weighted by Gasteiger charge is -2.31. The van der Waals surface area contributed by atoms with Gasteiger partial charge in [0.1, 0.15) is 0 Å². The van der Waals surface area contributed by atoms with E-state index in [1.807, 2.05) is 0 Å². The zero-order chi connectivity index (χ0) is 14.1. The van der Waals surface area contributed by atoms with Gasteiger partial charge in [-0.2, -0.15) is 0 Å². The Balaban J connectivity index is 2.59. The summed E-state index contributed by atoms with van der Waals surface area (Å²) in [6.07, 6.45) is 4.29. The Labute approximate surface area is 119 Å². The number of rotatable bonds is 9. The van der Waals surface area contributed by atoms with Gasteiger partial charge in [0.25, 0.3) is 0 Å². The van der Waals surface area contributed by atoms with Crippen molar-refractivity contribution in [3.63, 3.8) is 0 Å². The van der Waals surface area contributed by atoms with Gasteiger partial charge < -0.3 is 10.5 Å². The fourth-order valence-corrected chi connectivity index (χ4v) is 3.79. The lowest BCUT2D eigenvalue weighted by Crippen LogP contribution is -2.44. The molecule has 3 heteroatoms. The highest BCUT2D eigenvalue weighted by Crippen LogP contribution is 2.26. The van der Waals surface area contributed by atoms with E-state index in [2.05, 4.69) is 50.3 Å². The predicted molar refractivity (Wildman–Crippen MR) is 86.2 cm³/mol. The molecule has 1 aromatic carbocycles. The van der Waals surface area contributed by atoms with Crippen LogP contribution in [0.2, 0.25) is 18.6 Å². The van der Waals surface area contributed by atoms with Crippen LogP contribution in [0.4, 0.5) is 0 Å². The second-order valence-corrected chi connectivity index (χ2v) is 11.2. The Bertz CT molecular complexity index is 340. The van der Waals surface area contributed by atoms with Crippen molar-refractivity contribution < 1.29 is 4.74 Å². The largest absolute Gasteiger partial charge is 0.381 e. The van der Waals surface area contributed by atoms with Crippen molar-refractivity contribution in [2.75, 3.05) is 19.4 Å². The zero-order valence-corrected chi connectivity index (χ0v) is 13.7. The average molecular weight is 280 g/mol. The Morgan fingerprint density at radius 2 is 1.89 bits per heavy atom. The number of ether oxygens (including phenoxy) is 1. The SMILES string of the molecule is CCCCOCC(Cc1ccccc1)[Si](C)(C)CN. The second-order valence-electron chi connectivity index (χ2n) is 6.01. The van der Waals surface area contributed by atoms with E-state index in [1.165, 1.54) is 12.0 Å².